The third-order valence-corrected chi connectivity index (χ3v) is 4.04. The third kappa shape index (κ3) is 4.37. The first kappa shape index (κ1) is 20.8. The Bertz CT molecular complexity index is 1110. The van der Waals surface area contributed by atoms with Gasteiger partial charge in [0.25, 0.3) is 0 Å². The van der Waals surface area contributed by atoms with Crippen LogP contribution >= 0.6 is 0 Å². The first-order valence-electron chi connectivity index (χ1n) is 8.99. The van der Waals surface area contributed by atoms with E-state index in [4.69, 9.17) is 24.4 Å². The lowest BCUT2D eigenvalue weighted by Crippen LogP contribution is -2.16. The van der Waals surface area contributed by atoms with Gasteiger partial charge in [-0.15, -0.1) is 0 Å². The number of carbonyl (C=O) groups excluding carboxylic acids is 3. The van der Waals surface area contributed by atoms with Gasteiger partial charge < -0.3 is 24.4 Å². The summed E-state index contributed by atoms with van der Waals surface area (Å²) in [5.41, 5.74) is 6.53. The Kier molecular flexibility index (Phi) is 6.26. The molecule has 2 N–H and O–H groups in total. The number of fused-ring (bicyclic) bond motifs is 1. The lowest BCUT2D eigenvalue weighted by molar-refractivity contribution is -0.147. The normalized spacial score (nSPS) is 10.6. The largest absolute Gasteiger partial charge is 0.481 e. The zero-order valence-corrected chi connectivity index (χ0v) is 16.3. The molecular formula is C20H19N3O7. The second-order valence-electron chi connectivity index (χ2n) is 6.06. The summed E-state index contributed by atoms with van der Waals surface area (Å²) < 4.78 is 20.9. The maximum atomic E-state index is 12.1. The van der Waals surface area contributed by atoms with Gasteiger partial charge in [-0.3, -0.25) is 4.79 Å². The van der Waals surface area contributed by atoms with Crippen molar-refractivity contribution in [2.45, 2.75) is 20.5 Å². The molecule has 0 aliphatic heterocycles. The Balaban J connectivity index is 1.68. The number of carbonyl (C=O) groups is 3. The zero-order chi connectivity index (χ0) is 21.7. The molecule has 2 heterocycles. The minimum atomic E-state index is -0.694. The van der Waals surface area contributed by atoms with E-state index in [1.165, 1.54) is 0 Å². The summed E-state index contributed by atoms with van der Waals surface area (Å²) in [7, 11) is 0. The van der Waals surface area contributed by atoms with Crippen molar-refractivity contribution < 1.29 is 33.0 Å². The van der Waals surface area contributed by atoms with Crippen LogP contribution in [0.15, 0.2) is 28.7 Å². The minimum absolute atomic E-state index is 0.00196. The van der Waals surface area contributed by atoms with Crippen molar-refractivity contribution in [2.75, 3.05) is 18.9 Å². The fraction of sp³-hybridized carbons (Fsp3) is 0.250. The van der Waals surface area contributed by atoms with Gasteiger partial charge in [-0.25, -0.2) is 14.6 Å². The summed E-state index contributed by atoms with van der Waals surface area (Å²) in [4.78, 5) is 43.3. The number of furan rings is 1. The van der Waals surface area contributed by atoms with Crippen LogP contribution in [0, 0.1) is 6.92 Å². The van der Waals surface area contributed by atoms with Crippen LogP contribution in [-0.2, 0) is 20.9 Å². The molecule has 0 amide bonds. The van der Waals surface area contributed by atoms with Crippen molar-refractivity contribution in [1.82, 2.24) is 9.97 Å². The van der Waals surface area contributed by atoms with Gasteiger partial charge in [-0.05, 0) is 26.0 Å². The fourth-order valence-corrected chi connectivity index (χ4v) is 2.73. The van der Waals surface area contributed by atoms with Crippen LogP contribution in [0.1, 0.15) is 39.2 Å². The number of hydrogen-bond donors (Lipinski definition) is 1. The second kappa shape index (κ2) is 9.03. The van der Waals surface area contributed by atoms with Gasteiger partial charge in [0.05, 0.1) is 17.6 Å². The highest BCUT2D eigenvalue weighted by molar-refractivity contribution is 6.07. The van der Waals surface area contributed by atoms with Gasteiger partial charge >= 0.3 is 11.9 Å². The Labute approximate surface area is 170 Å². The van der Waals surface area contributed by atoms with Gasteiger partial charge in [-0.1, -0.05) is 12.1 Å². The van der Waals surface area contributed by atoms with Crippen molar-refractivity contribution in [1.29, 1.82) is 0 Å². The van der Waals surface area contributed by atoms with Crippen LogP contribution in [0.5, 0.6) is 5.75 Å². The molecule has 10 nitrogen and oxygen atoms in total. The number of aromatic nitrogens is 2. The van der Waals surface area contributed by atoms with E-state index in [1.54, 1.807) is 38.1 Å². The Morgan fingerprint density at radius 2 is 1.97 bits per heavy atom. The number of esters is 2. The van der Waals surface area contributed by atoms with Gasteiger partial charge in [0.15, 0.2) is 25.3 Å². The van der Waals surface area contributed by atoms with Crippen LogP contribution in [0.2, 0.25) is 0 Å². The minimum Gasteiger partial charge on any atom is -0.481 e. The van der Waals surface area contributed by atoms with E-state index in [0.717, 1.165) is 0 Å². The van der Waals surface area contributed by atoms with Crippen LogP contribution in [0.25, 0.3) is 11.1 Å². The molecule has 156 valence electrons. The van der Waals surface area contributed by atoms with E-state index in [-0.39, 0.29) is 47.3 Å². The number of nitrogen functional groups attached to an aromatic ring is 1. The lowest BCUT2D eigenvalue weighted by Gasteiger charge is -2.08. The molecule has 0 atom stereocenters. The van der Waals surface area contributed by atoms with Gasteiger partial charge in [0.2, 0.25) is 5.71 Å². The second-order valence-corrected chi connectivity index (χ2v) is 6.06. The summed E-state index contributed by atoms with van der Waals surface area (Å²) in [6, 6.07) is 6.48. The van der Waals surface area contributed by atoms with Crippen molar-refractivity contribution in [2.24, 2.45) is 0 Å². The number of aryl methyl sites for hydroxylation is 1. The van der Waals surface area contributed by atoms with Crippen LogP contribution in [0.4, 0.5) is 5.82 Å². The molecule has 30 heavy (non-hydrogen) atoms. The van der Waals surface area contributed by atoms with E-state index in [0.29, 0.717) is 17.6 Å². The summed E-state index contributed by atoms with van der Waals surface area (Å²) >= 11 is 0. The number of aldehydes is 1. The quantitative estimate of drug-likeness (QED) is 0.431. The Hall–Kier alpha value is -3.95. The van der Waals surface area contributed by atoms with Crippen molar-refractivity contribution in [3.8, 4) is 5.75 Å². The summed E-state index contributed by atoms with van der Waals surface area (Å²) in [5, 5.41) is 0.245. The maximum absolute atomic E-state index is 12.1. The van der Waals surface area contributed by atoms with E-state index in [1.807, 2.05) is 0 Å². The molecule has 0 bridgehead atoms. The SMILES string of the molecule is CCOC(=O)c1c(C)oc2nc(COC(=O)COc3ccccc3C=O)nc(N)c12. The molecule has 3 rings (SSSR count). The molecule has 0 saturated heterocycles. The number of nitrogens with zero attached hydrogens (tertiary/aromatic N) is 2. The molecule has 0 saturated carbocycles. The standard InChI is InChI=1S/C20H19N3O7/c1-3-27-20(26)16-11(2)30-19-17(16)18(21)22-14(23-19)9-29-15(25)10-28-13-7-5-4-6-12(13)8-24/h4-8H,3,9-10H2,1-2H3,(H2,21,22,23). The fourth-order valence-electron chi connectivity index (χ4n) is 2.73. The van der Waals surface area contributed by atoms with E-state index < -0.39 is 18.5 Å². The van der Waals surface area contributed by atoms with Gasteiger partial charge in [-0.2, -0.15) is 4.98 Å². The first-order chi connectivity index (χ1) is 14.4. The average molecular weight is 413 g/mol. The molecule has 10 heteroatoms. The highest BCUT2D eigenvalue weighted by Gasteiger charge is 2.24. The van der Waals surface area contributed by atoms with Gasteiger partial charge in [0.1, 0.15) is 22.9 Å². The van der Waals surface area contributed by atoms with Crippen molar-refractivity contribution in [3.05, 3.63) is 47.0 Å². The summed E-state index contributed by atoms with van der Waals surface area (Å²) in [6.07, 6.45) is 0.627. The predicted molar refractivity (Wildman–Crippen MR) is 104 cm³/mol. The van der Waals surface area contributed by atoms with Crippen LogP contribution < -0.4 is 10.5 Å². The molecule has 0 unspecified atom stereocenters. The molecule has 0 aliphatic rings. The lowest BCUT2D eigenvalue weighted by atomic mass is 10.2. The van der Waals surface area contributed by atoms with E-state index >= 15 is 0 Å². The first-order valence-corrected chi connectivity index (χ1v) is 8.99. The predicted octanol–water partition coefficient (Wildman–Crippen LogP) is 2.22. The molecule has 2 aromatic heterocycles. The average Bonchev–Trinajstić information content (AvgIpc) is 3.07. The Morgan fingerprint density at radius 3 is 2.70 bits per heavy atom. The van der Waals surface area contributed by atoms with Gasteiger partial charge in [0, 0.05) is 0 Å². The zero-order valence-electron chi connectivity index (χ0n) is 16.3. The number of hydrogen-bond acceptors (Lipinski definition) is 10. The Morgan fingerprint density at radius 1 is 1.20 bits per heavy atom. The van der Waals surface area contributed by atoms with Crippen molar-refractivity contribution in [3.63, 3.8) is 0 Å². The summed E-state index contributed by atoms with van der Waals surface area (Å²) in [5.74, 6) is -0.630. The monoisotopic (exact) mass is 413 g/mol. The topological polar surface area (TPSA) is 144 Å². The number of anilines is 1. The molecular weight excluding hydrogens is 394 g/mol. The number of nitrogens with two attached hydrogens (primary N) is 1. The van der Waals surface area contributed by atoms with E-state index in [2.05, 4.69) is 9.97 Å². The third-order valence-electron chi connectivity index (χ3n) is 4.04. The van der Waals surface area contributed by atoms with Crippen molar-refractivity contribution >= 4 is 35.1 Å². The number of rotatable bonds is 8. The number of para-hydroxylation sites is 1. The smallest absolute Gasteiger partial charge is 0.344 e. The number of ether oxygens (including phenoxy) is 3. The highest BCUT2D eigenvalue weighted by Crippen LogP contribution is 2.29. The van der Waals surface area contributed by atoms with Crippen LogP contribution in [-0.4, -0.2) is 41.4 Å². The molecule has 0 radical (unpaired) electrons. The molecule has 0 spiro atoms. The van der Waals surface area contributed by atoms with Crippen LogP contribution in [0.3, 0.4) is 0 Å². The van der Waals surface area contributed by atoms with E-state index in [9.17, 15) is 14.4 Å². The number of benzene rings is 1. The molecule has 3 aromatic rings. The maximum Gasteiger partial charge on any atom is 0.344 e. The molecule has 0 fully saturated rings. The summed E-state index contributed by atoms with van der Waals surface area (Å²) in [6.45, 7) is 2.77. The molecule has 0 aliphatic carbocycles. The highest BCUT2D eigenvalue weighted by atomic mass is 16.6. The molecule has 1 aromatic carbocycles.